The standard InChI is InChI=1S/C15H26O4/c1-4-15(2,3)14(16)19-12-7-5-11(6-8-12)17-9-13-10-18-13/h11-13H,4-10H2,1-3H3. The Kier molecular flexibility index (Phi) is 4.85. The number of rotatable bonds is 6. The molecule has 2 fully saturated rings. The molecule has 1 heterocycles. The van der Waals surface area contributed by atoms with Gasteiger partial charge in [-0.05, 0) is 46.0 Å². The van der Waals surface area contributed by atoms with E-state index in [1.807, 2.05) is 20.8 Å². The number of epoxide rings is 1. The van der Waals surface area contributed by atoms with Crippen LogP contribution in [0, 0.1) is 5.41 Å². The van der Waals surface area contributed by atoms with Crippen molar-refractivity contribution in [2.24, 2.45) is 5.41 Å². The molecule has 0 N–H and O–H groups in total. The lowest BCUT2D eigenvalue weighted by molar-refractivity contribution is -0.162. The van der Waals surface area contributed by atoms with E-state index in [4.69, 9.17) is 14.2 Å². The highest BCUT2D eigenvalue weighted by Gasteiger charge is 2.32. The summed E-state index contributed by atoms with van der Waals surface area (Å²) in [5.41, 5.74) is -0.364. The minimum atomic E-state index is -0.364. The van der Waals surface area contributed by atoms with Crippen molar-refractivity contribution in [2.75, 3.05) is 13.2 Å². The van der Waals surface area contributed by atoms with Crippen LogP contribution in [0.25, 0.3) is 0 Å². The molecule has 1 aliphatic carbocycles. The lowest BCUT2D eigenvalue weighted by atomic mass is 9.90. The summed E-state index contributed by atoms with van der Waals surface area (Å²) in [6.45, 7) is 7.47. The van der Waals surface area contributed by atoms with Crippen molar-refractivity contribution in [3.63, 3.8) is 0 Å². The third-order valence-corrected chi connectivity index (χ3v) is 4.25. The minimum absolute atomic E-state index is 0.0641. The van der Waals surface area contributed by atoms with Crippen molar-refractivity contribution in [1.82, 2.24) is 0 Å². The van der Waals surface area contributed by atoms with E-state index in [0.29, 0.717) is 12.2 Å². The van der Waals surface area contributed by atoms with Gasteiger partial charge in [-0.2, -0.15) is 0 Å². The predicted molar refractivity (Wildman–Crippen MR) is 71.9 cm³/mol. The summed E-state index contributed by atoms with van der Waals surface area (Å²) < 4.78 is 16.5. The maximum atomic E-state index is 12.0. The van der Waals surface area contributed by atoms with Gasteiger partial charge in [-0.1, -0.05) is 6.92 Å². The predicted octanol–water partition coefficient (Wildman–Crippen LogP) is 2.69. The molecule has 1 saturated heterocycles. The first-order valence-electron chi connectivity index (χ1n) is 7.45. The molecule has 19 heavy (non-hydrogen) atoms. The Labute approximate surface area is 115 Å². The SMILES string of the molecule is CCC(C)(C)C(=O)OC1CCC(OCC2CO2)CC1. The van der Waals surface area contributed by atoms with Crippen LogP contribution >= 0.6 is 0 Å². The molecule has 4 nitrogen and oxygen atoms in total. The summed E-state index contributed by atoms with van der Waals surface area (Å²) in [5.74, 6) is -0.0641. The fraction of sp³-hybridized carbons (Fsp3) is 0.933. The van der Waals surface area contributed by atoms with E-state index < -0.39 is 0 Å². The Morgan fingerprint density at radius 1 is 1.21 bits per heavy atom. The molecule has 0 amide bonds. The highest BCUT2D eigenvalue weighted by molar-refractivity contribution is 5.75. The summed E-state index contributed by atoms with van der Waals surface area (Å²) >= 11 is 0. The van der Waals surface area contributed by atoms with Crippen molar-refractivity contribution in [2.45, 2.75) is 71.2 Å². The van der Waals surface area contributed by atoms with Crippen LogP contribution in [-0.4, -0.2) is 37.5 Å². The molecule has 0 spiro atoms. The van der Waals surface area contributed by atoms with Crippen LogP contribution < -0.4 is 0 Å². The maximum absolute atomic E-state index is 12.0. The number of carbonyl (C=O) groups excluding carboxylic acids is 1. The number of hydrogen-bond donors (Lipinski definition) is 0. The molecule has 1 unspecified atom stereocenters. The minimum Gasteiger partial charge on any atom is -0.462 e. The smallest absolute Gasteiger partial charge is 0.311 e. The summed E-state index contributed by atoms with van der Waals surface area (Å²) in [6, 6.07) is 0. The zero-order valence-electron chi connectivity index (χ0n) is 12.3. The van der Waals surface area contributed by atoms with Crippen molar-refractivity contribution >= 4 is 5.97 Å². The quantitative estimate of drug-likeness (QED) is 0.550. The van der Waals surface area contributed by atoms with Gasteiger partial charge in [-0.15, -0.1) is 0 Å². The summed E-state index contributed by atoms with van der Waals surface area (Å²) in [4.78, 5) is 12.0. The van der Waals surface area contributed by atoms with Gasteiger partial charge in [-0.3, -0.25) is 4.79 Å². The molecule has 0 aromatic rings. The summed E-state index contributed by atoms with van der Waals surface area (Å²) in [5, 5.41) is 0. The molecule has 4 heteroatoms. The average molecular weight is 270 g/mol. The normalized spacial score (nSPS) is 31.0. The van der Waals surface area contributed by atoms with Gasteiger partial charge in [0.2, 0.25) is 0 Å². The fourth-order valence-electron chi connectivity index (χ4n) is 2.18. The Balaban J connectivity index is 1.66. The molecule has 110 valence electrons. The van der Waals surface area contributed by atoms with Crippen molar-refractivity contribution in [1.29, 1.82) is 0 Å². The highest BCUT2D eigenvalue weighted by atomic mass is 16.6. The number of hydrogen-bond acceptors (Lipinski definition) is 4. The molecule has 2 aliphatic rings. The van der Waals surface area contributed by atoms with Gasteiger partial charge in [0.15, 0.2) is 0 Å². The molecule has 1 aliphatic heterocycles. The second-order valence-electron chi connectivity index (χ2n) is 6.33. The maximum Gasteiger partial charge on any atom is 0.311 e. The van der Waals surface area contributed by atoms with E-state index in [1.165, 1.54) is 0 Å². The van der Waals surface area contributed by atoms with E-state index in [1.54, 1.807) is 0 Å². The Hall–Kier alpha value is -0.610. The molecular weight excluding hydrogens is 244 g/mol. The largest absolute Gasteiger partial charge is 0.462 e. The summed E-state index contributed by atoms with van der Waals surface area (Å²) in [7, 11) is 0. The Bertz CT molecular complexity index is 301. The van der Waals surface area contributed by atoms with Crippen LogP contribution in [0.3, 0.4) is 0 Å². The van der Waals surface area contributed by atoms with Crippen LogP contribution in [0.1, 0.15) is 52.9 Å². The molecule has 0 bridgehead atoms. The van der Waals surface area contributed by atoms with Crippen molar-refractivity contribution in [3.05, 3.63) is 0 Å². The van der Waals surface area contributed by atoms with E-state index in [9.17, 15) is 4.79 Å². The van der Waals surface area contributed by atoms with Gasteiger partial charge in [-0.25, -0.2) is 0 Å². The number of esters is 1. The zero-order chi connectivity index (χ0) is 13.9. The second-order valence-corrected chi connectivity index (χ2v) is 6.33. The molecule has 2 rings (SSSR count). The van der Waals surface area contributed by atoms with Gasteiger partial charge >= 0.3 is 5.97 Å². The molecule has 1 saturated carbocycles. The average Bonchev–Trinajstić information content (AvgIpc) is 3.22. The van der Waals surface area contributed by atoms with Gasteiger partial charge in [0.1, 0.15) is 12.2 Å². The van der Waals surface area contributed by atoms with Gasteiger partial charge in [0, 0.05) is 0 Å². The van der Waals surface area contributed by atoms with E-state index in [-0.39, 0.29) is 17.5 Å². The summed E-state index contributed by atoms with van der Waals surface area (Å²) in [6.07, 6.45) is 5.35. The lowest BCUT2D eigenvalue weighted by Crippen LogP contribution is -2.33. The van der Waals surface area contributed by atoms with Crippen molar-refractivity contribution in [3.8, 4) is 0 Å². The van der Waals surface area contributed by atoms with Crippen LogP contribution in [0.2, 0.25) is 0 Å². The first-order valence-corrected chi connectivity index (χ1v) is 7.45. The van der Waals surface area contributed by atoms with Gasteiger partial charge in [0.05, 0.1) is 24.7 Å². The number of carbonyl (C=O) groups is 1. The molecule has 0 aromatic carbocycles. The van der Waals surface area contributed by atoms with E-state index in [0.717, 1.165) is 45.3 Å². The van der Waals surface area contributed by atoms with Crippen LogP contribution in [0.4, 0.5) is 0 Å². The first-order chi connectivity index (χ1) is 9.01. The molecule has 0 aromatic heterocycles. The van der Waals surface area contributed by atoms with E-state index in [2.05, 4.69) is 0 Å². The van der Waals surface area contributed by atoms with Crippen molar-refractivity contribution < 1.29 is 19.0 Å². The van der Waals surface area contributed by atoms with Crippen LogP contribution in [0.15, 0.2) is 0 Å². The molecule has 0 radical (unpaired) electrons. The van der Waals surface area contributed by atoms with Gasteiger partial charge in [0.25, 0.3) is 0 Å². The molecule has 1 atom stereocenters. The monoisotopic (exact) mass is 270 g/mol. The van der Waals surface area contributed by atoms with Crippen LogP contribution in [-0.2, 0) is 19.0 Å². The highest BCUT2D eigenvalue weighted by Crippen LogP contribution is 2.28. The lowest BCUT2D eigenvalue weighted by Gasteiger charge is -2.30. The number of ether oxygens (including phenoxy) is 3. The molecular formula is C15H26O4. The zero-order valence-corrected chi connectivity index (χ0v) is 12.3. The van der Waals surface area contributed by atoms with Gasteiger partial charge < -0.3 is 14.2 Å². The Morgan fingerprint density at radius 3 is 2.32 bits per heavy atom. The van der Waals surface area contributed by atoms with E-state index >= 15 is 0 Å². The third-order valence-electron chi connectivity index (χ3n) is 4.25. The topological polar surface area (TPSA) is 48.1 Å². The second kappa shape index (κ2) is 6.23. The van der Waals surface area contributed by atoms with Crippen LogP contribution in [0.5, 0.6) is 0 Å². The Morgan fingerprint density at radius 2 is 1.79 bits per heavy atom. The fourth-order valence-corrected chi connectivity index (χ4v) is 2.18. The third kappa shape index (κ3) is 4.46. The first kappa shape index (κ1) is 14.8.